The van der Waals surface area contributed by atoms with Gasteiger partial charge in [0.2, 0.25) is 0 Å². The first-order chi connectivity index (χ1) is 16.6. The summed E-state index contributed by atoms with van der Waals surface area (Å²) >= 11 is 0. The molecule has 2 N–H and O–H groups in total. The van der Waals surface area contributed by atoms with Crippen LogP contribution in [-0.2, 0) is 31.9 Å². The fourth-order valence-electron chi connectivity index (χ4n) is 4.50. The predicted octanol–water partition coefficient (Wildman–Crippen LogP) is 2.42. The quantitative estimate of drug-likeness (QED) is 0.495. The lowest BCUT2D eigenvalue weighted by Crippen LogP contribution is -2.24. The first-order valence-electron chi connectivity index (χ1n) is 11.4. The lowest BCUT2D eigenvalue weighted by Gasteiger charge is -2.19. The summed E-state index contributed by atoms with van der Waals surface area (Å²) in [7, 11) is 3.25. The maximum atomic E-state index is 12.5. The first-order valence-corrected chi connectivity index (χ1v) is 11.4. The highest BCUT2D eigenvalue weighted by atomic mass is 16.5. The van der Waals surface area contributed by atoms with Crippen LogP contribution in [0.1, 0.15) is 34.5 Å². The van der Waals surface area contributed by atoms with Crippen molar-refractivity contribution in [2.24, 2.45) is 0 Å². The lowest BCUT2D eigenvalue weighted by atomic mass is 10.00. The molecule has 4 rings (SSSR count). The number of hydrogen-bond donors (Lipinski definition) is 2. The van der Waals surface area contributed by atoms with Crippen LogP contribution in [0.15, 0.2) is 48.6 Å². The number of ether oxygens (including phenoxy) is 4. The Labute approximate surface area is 199 Å². The summed E-state index contributed by atoms with van der Waals surface area (Å²) in [4.78, 5) is 25.0. The molecule has 2 heterocycles. The van der Waals surface area contributed by atoms with Gasteiger partial charge in [-0.2, -0.15) is 0 Å². The SMILES string of the molecule is COc1cccc2c1CCNCC2OC(=O)/C=C\C(=O)OC1CNCCc2c(OC)cccc21. The van der Waals surface area contributed by atoms with Crippen molar-refractivity contribution in [3.63, 3.8) is 0 Å². The molecule has 0 spiro atoms. The van der Waals surface area contributed by atoms with Gasteiger partial charge in [0.05, 0.1) is 14.2 Å². The van der Waals surface area contributed by atoms with Gasteiger partial charge in [-0.05, 0) is 38.1 Å². The highest BCUT2D eigenvalue weighted by Gasteiger charge is 2.25. The van der Waals surface area contributed by atoms with E-state index in [-0.39, 0.29) is 0 Å². The van der Waals surface area contributed by atoms with Crippen LogP contribution in [-0.4, -0.2) is 52.3 Å². The second-order valence-electron chi connectivity index (χ2n) is 8.15. The Kier molecular flexibility index (Phi) is 7.82. The molecule has 8 nitrogen and oxygen atoms in total. The Bertz CT molecular complexity index is 984. The van der Waals surface area contributed by atoms with Gasteiger partial charge < -0.3 is 29.6 Å². The van der Waals surface area contributed by atoms with E-state index in [2.05, 4.69) is 10.6 Å². The third kappa shape index (κ3) is 5.40. The molecule has 0 aromatic heterocycles. The fraction of sp³-hybridized carbons (Fsp3) is 0.385. The molecule has 0 aliphatic carbocycles. The minimum Gasteiger partial charge on any atom is -0.496 e. The maximum absolute atomic E-state index is 12.5. The Morgan fingerprint density at radius 3 is 1.62 bits per heavy atom. The average molecular weight is 467 g/mol. The van der Waals surface area contributed by atoms with E-state index in [4.69, 9.17) is 18.9 Å². The zero-order valence-corrected chi connectivity index (χ0v) is 19.5. The fourth-order valence-corrected chi connectivity index (χ4v) is 4.50. The highest BCUT2D eigenvalue weighted by molar-refractivity contribution is 5.91. The largest absolute Gasteiger partial charge is 0.496 e. The maximum Gasteiger partial charge on any atom is 0.331 e. The molecule has 2 aliphatic rings. The van der Waals surface area contributed by atoms with E-state index >= 15 is 0 Å². The molecule has 2 atom stereocenters. The molecule has 2 unspecified atom stereocenters. The number of carbonyl (C=O) groups is 2. The second kappa shape index (κ2) is 11.2. The van der Waals surface area contributed by atoms with Crippen molar-refractivity contribution >= 4 is 11.9 Å². The molecular formula is C26H30N2O6. The Hall–Kier alpha value is -3.36. The van der Waals surface area contributed by atoms with Crippen molar-refractivity contribution < 1.29 is 28.5 Å². The highest BCUT2D eigenvalue weighted by Crippen LogP contribution is 2.32. The monoisotopic (exact) mass is 466 g/mol. The van der Waals surface area contributed by atoms with E-state index < -0.39 is 24.1 Å². The molecule has 0 fully saturated rings. The standard InChI is InChI=1S/C26H30N2O6/c1-31-21-7-3-5-17-19(21)11-13-27-15-23(17)33-25(29)9-10-26(30)34-24-16-28-14-12-20-18(24)6-4-8-22(20)32-2/h3-10,23-24,27-28H,11-16H2,1-2H3/b10-9-. The smallest absolute Gasteiger partial charge is 0.331 e. The molecule has 2 aromatic carbocycles. The molecule has 0 radical (unpaired) electrons. The Morgan fingerprint density at radius 1 is 0.765 bits per heavy atom. The van der Waals surface area contributed by atoms with Gasteiger partial charge in [0.25, 0.3) is 0 Å². The van der Waals surface area contributed by atoms with Gasteiger partial charge in [0.15, 0.2) is 0 Å². The van der Waals surface area contributed by atoms with Gasteiger partial charge in [-0.25, -0.2) is 9.59 Å². The summed E-state index contributed by atoms with van der Waals surface area (Å²) in [6.45, 7) is 2.48. The second-order valence-corrected chi connectivity index (χ2v) is 8.15. The van der Waals surface area contributed by atoms with Crippen molar-refractivity contribution in [3.8, 4) is 11.5 Å². The zero-order chi connectivity index (χ0) is 23.9. The number of rotatable bonds is 6. The van der Waals surface area contributed by atoms with Gasteiger partial charge in [-0.15, -0.1) is 0 Å². The predicted molar refractivity (Wildman–Crippen MR) is 126 cm³/mol. The molecule has 0 saturated heterocycles. The topological polar surface area (TPSA) is 95.1 Å². The summed E-state index contributed by atoms with van der Waals surface area (Å²) < 4.78 is 22.3. The van der Waals surface area contributed by atoms with Gasteiger partial charge >= 0.3 is 11.9 Å². The average Bonchev–Trinajstić information content (AvgIpc) is 3.19. The number of hydrogen-bond acceptors (Lipinski definition) is 8. The van der Waals surface area contributed by atoms with Crippen LogP contribution < -0.4 is 20.1 Å². The summed E-state index contributed by atoms with van der Waals surface area (Å²) in [6.07, 6.45) is 2.82. The van der Waals surface area contributed by atoms with Crippen LogP contribution in [0, 0.1) is 0 Å². The summed E-state index contributed by atoms with van der Waals surface area (Å²) in [6, 6.07) is 11.4. The summed E-state index contributed by atoms with van der Waals surface area (Å²) in [5.41, 5.74) is 3.85. The van der Waals surface area contributed by atoms with Gasteiger partial charge in [-0.3, -0.25) is 0 Å². The number of methoxy groups -OCH3 is 2. The molecule has 0 saturated carbocycles. The number of nitrogens with one attached hydrogen (secondary N) is 2. The van der Waals surface area contributed by atoms with Crippen LogP contribution in [0.5, 0.6) is 11.5 Å². The van der Waals surface area contributed by atoms with Gasteiger partial charge in [-0.1, -0.05) is 24.3 Å². The summed E-state index contributed by atoms with van der Waals surface area (Å²) in [5, 5.41) is 6.56. The molecule has 0 amide bonds. The van der Waals surface area contributed by atoms with Gasteiger partial charge in [0.1, 0.15) is 23.7 Å². The summed E-state index contributed by atoms with van der Waals surface area (Å²) in [5.74, 6) is 0.326. The van der Waals surface area contributed by atoms with Crippen LogP contribution >= 0.6 is 0 Å². The van der Waals surface area contributed by atoms with E-state index in [1.165, 1.54) is 0 Å². The van der Waals surface area contributed by atoms with Crippen LogP contribution in [0.2, 0.25) is 0 Å². The van der Waals surface area contributed by atoms with Gasteiger partial charge in [0, 0.05) is 47.5 Å². The number of esters is 2. The van der Waals surface area contributed by atoms with E-state index in [0.29, 0.717) is 13.1 Å². The number of benzene rings is 2. The molecular weight excluding hydrogens is 436 g/mol. The van der Waals surface area contributed by atoms with E-state index in [1.807, 2.05) is 36.4 Å². The van der Waals surface area contributed by atoms with Crippen molar-refractivity contribution in [3.05, 3.63) is 70.8 Å². The molecule has 2 aliphatic heterocycles. The molecule has 8 heteroatoms. The molecule has 2 aromatic rings. The number of fused-ring (bicyclic) bond motifs is 2. The van der Waals surface area contributed by atoms with Crippen LogP contribution in [0.25, 0.3) is 0 Å². The van der Waals surface area contributed by atoms with E-state index in [1.54, 1.807) is 14.2 Å². The van der Waals surface area contributed by atoms with Crippen molar-refractivity contribution in [1.82, 2.24) is 10.6 Å². The zero-order valence-electron chi connectivity index (χ0n) is 19.5. The van der Waals surface area contributed by atoms with Crippen LogP contribution in [0.4, 0.5) is 0 Å². The molecule has 180 valence electrons. The Morgan fingerprint density at radius 2 is 1.21 bits per heavy atom. The molecule has 0 bridgehead atoms. The van der Waals surface area contributed by atoms with Crippen LogP contribution in [0.3, 0.4) is 0 Å². The third-order valence-corrected chi connectivity index (χ3v) is 6.11. The first kappa shape index (κ1) is 23.8. The normalized spacial score (nSPS) is 19.8. The van der Waals surface area contributed by atoms with E-state index in [9.17, 15) is 9.59 Å². The minimum absolute atomic E-state index is 0.480. The van der Waals surface area contributed by atoms with E-state index in [0.717, 1.165) is 71.8 Å². The Balaban J connectivity index is 1.41. The third-order valence-electron chi connectivity index (χ3n) is 6.11. The molecule has 34 heavy (non-hydrogen) atoms. The number of carbonyl (C=O) groups excluding carboxylic acids is 2. The lowest BCUT2D eigenvalue weighted by molar-refractivity contribution is -0.146. The van der Waals surface area contributed by atoms with Crippen molar-refractivity contribution in [2.45, 2.75) is 25.0 Å². The van der Waals surface area contributed by atoms with Crippen molar-refractivity contribution in [2.75, 3.05) is 40.4 Å². The van der Waals surface area contributed by atoms with Crippen molar-refractivity contribution in [1.29, 1.82) is 0 Å². The minimum atomic E-state index is -0.611.